The summed E-state index contributed by atoms with van der Waals surface area (Å²) in [5.41, 5.74) is 18.0. The Bertz CT molecular complexity index is 3640. The monoisotopic (exact) mass is 887 g/mol. The van der Waals surface area contributed by atoms with Crippen LogP contribution in [0.25, 0.3) is 44.0 Å². The predicted octanol–water partition coefficient (Wildman–Crippen LogP) is 16.3. The van der Waals surface area contributed by atoms with Crippen LogP contribution in [0.1, 0.15) is 44.5 Å². The summed E-state index contributed by atoms with van der Waals surface area (Å²) in [6.45, 7) is 7.09. The molecule has 0 unspecified atom stereocenters. The molecule has 10 aromatic carbocycles. The second-order valence-electron chi connectivity index (χ2n) is 19.6. The fourth-order valence-corrected chi connectivity index (χ4v) is 13.0. The van der Waals surface area contributed by atoms with E-state index in [1.807, 2.05) is 0 Å². The van der Waals surface area contributed by atoms with Crippen molar-refractivity contribution in [1.82, 2.24) is 0 Å². The second kappa shape index (κ2) is 15.3. The van der Waals surface area contributed by atoms with E-state index >= 15 is 0 Å². The number of hydrogen-bond acceptors (Lipinski definition) is 2. The Morgan fingerprint density at radius 2 is 0.853 bits per heavy atom. The predicted molar refractivity (Wildman–Crippen MR) is 286 cm³/mol. The minimum atomic E-state index is -1.83. The SMILES string of the molecule is C[Si](C)(C)c1cc2cccc(N(c3ccc4c(c3)C(c3ccccc3)(c3ccccc3)c3ccccc3-4)c3ccc4c(c3)C(c3ccccc3)(c3ccccc3)c3ccc5ccccc5c3-4)c2o1. The first-order valence-corrected chi connectivity index (χ1v) is 27.3. The van der Waals surface area contributed by atoms with Crippen molar-refractivity contribution in [3.8, 4) is 22.3 Å². The first kappa shape index (κ1) is 40.3. The van der Waals surface area contributed by atoms with Crippen molar-refractivity contribution in [3.05, 3.63) is 287 Å². The second-order valence-corrected chi connectivity index (χ2v) is 24.6. The average molecular weight is 888 g/mol. The highest BCUT2D eigenvalue weighted by Crippen LogP contribution is 2.60. The van der Waals surface area contributed by atoms with E-state index in [0.717, 1.165) is 33.4 Å². The van der Waals surface area contributed by atoms with E-state index in [4.69, 9.17) is 4.42 Å². The topological polar surface area (TPSA) is 16.4 Å². The molecule has 0 amide bonds. The van der Waals surface area contributed by atoms with Crippen molar-refractivity contribution in [2.24, 2.45) is 0 Å². The number of benzene rings is 10. The number of fused-ring (bicyclic) bond motifs is 9. The number of rotatable bonds is 8. The molecule has 2 aliphatic rings. The molecule has 0 aliphatic heterocycles. The van der Waals surface area contributed by atoms with E-state index in [1.165, 1.54) is 77.5 Å². The molecule has 0 N–H and O–H groups in total. The van der Waals surface area contributed by atoms with Crippen molar-refractivity contribution >= 4 is 52.3 Å². The molecule has 0 spiro atoms. The van der Waals surface area contributed by atoms with Gasteiger partial charge in [0.1, 0.15) is 8.07 Å². The van der Waals surface area contributed by atoms with Gasteiger partial charge in [-0.05, 0) is 114 Å². The maximum atomic E-state index is 7.10. The summed E-state index contributed by atoms with van der Waals surface area (Å²) >= 11 is 0. The Hall–Kier alpha value is -7.98. The Morgan fingerprint density at radius 3 is 1.46 bits per heavy atom. The Morgan fingerprint density at radius 1 is 0.368 bits per heavy atom. The minimum Gasteiger partial charge on any atom is -0.464 e. The fourth-order valence-electron chi connectivity index (χ4n) is 12.0. The van der Waals surface area contributed by atoms with E-state index < -0.39 is 18.9 Å². The average Bonchev–Trinajstić information content (AvgIpc) is 4.06. The van der Waals surface area contributed by atoms with E-state index in [0.29, 0.717) is 0 Å². The van der Waals surface area contributed by atoms with Crippen LogP contribution >= 0.6 is 0 Å². The van der Waals surface area contributed by atoms with Gasteiger partial charge in [-0.1, -0.05) is 226 Å². The van der Waals surface area contributed by atoms with Crippen LogP contribution < -0.4 is 10.3 Å². The molecule has 0 saturated carbocycles. The van der Waals surface area contributed by atoms with Crippen LogP contribution in [0.4, 0.5) is 17.1 Å². The maximum Gasteiger partial charge on any atom is 0.157 e. The van der Waals surface area contributed by atoms with E-state index in [9.17, 15) is 0 Å². The molecule has 11 aromatic rings. The van der Waals surface area contributed by atoms with Crippen LogP contribution in [0.5, 0.6) is 0 Å². The molecule has 1 aromatic heterocycles. The standard InChI is InChI=1S/C65H49NOSi/c1-68(2,3)61-41-45-22-20-34-60(63(45)67-61)66(50-36-38-54-53-32-18-19-33-56(53)64(58(54)42-50,46-23-8-4-9-24-46)47-25-10-5-11-26-47)51-37-39-55-59(43-51)65(48-27-12-6-13-28-48,49-29-14-7-15-30-49)57-40-35-44-21-16-17-31-52(44)62(55)57/h4-43H,1-3H3. The van der Waals surface area contributed by atoms with Crippen LogP contribution in [0.2, 0.25) is 19.6 Å². The van der Waals surface area contributed by atoms with Crippen LogP contribution in [-0.4, -0.2) is 8.07 Å². The number of anilines is 3. The van der Waals surface area contributed by atoms with Crippen molar-refractivity contribution in [3.63, 3.8) is 0 Å². The molecule has 324 valence electrons. The van der Waals surface area contributed by atoms with E-state index in [-0.39, 0.29) is 0 Å². The number of furan rings is 1. The van der Waals surface area contributed by atoms with Crippen LogP contribution in [0.3, 0.4) is 0 Å². The first-order chi connectivity index (χ1) is 33.4. The molecule has 2 aliphatic carbocycles. The molecular formula is C65H49NOSi. The molecule has 3 heteroatoms. The molecule has 68 heavy (non-hydrogen) atoms. The lowest BCUT2D eigenvalue weighted by Crippen LogP contribution is -2.36. The van der Waals surface area contributed by atoms with Gasteiger partial charge in [0.2, 0.25) is 0 Å². The third-order valence-electron chi connectivity index (χ3n) is 14.9. The lowest BCUT2D eigenvalue weighted by Gasteiger charge is -2.36. The largest absolute Gasteiger partial charge is 0.464 e. The first-order valence-electron chi connectivity index (χ1n) is 23.8. The molecule has 0 atom stereocenters. The van der Waals surface area contributed by atoms with Crippen molar-refractivity contribution < 1.29 is 4.42 Å². The zero-order valence-corrected chi connectivity index (χ0v) is 39.4. The smallest absolute Gasteiger partial charge is 0.157 e. The summed E-state index contributed by atoms with van der Waals surface area (Å²) in [6.07, 6.45) is 0. The number of hydrogen-bond donors (Lipinski definition) is 0. The Labute approximate surface area is 399 Å². The van der Waals surface area contributed by atoms with E-state index in [1.54, 1.807) is 0 Å². The normalized spacial score (nSPS) is 14.0. The van der Waals surface area contributed by atoms with Gasteiger partial charge in [0.25, 0.3) is 0 Å². The van der Waals surface area contributed by atoms with Crippen molar-refractivity contribution in [2.75, 3.05) is 4.90 Å². The van der Waals surface area contributed by atoms with Crippen molar-refractivity contribution in [1.29, 1.82) is 0 Å². The van der Waals surface area contributed by atoms with E-state index in [2.05, 4.69) is 267 Å². The van der Waals surface area contributed by atoms with Gasteiger partial charge in [0.05, 0.1) is 21.9 Å². The van der Waals surface area contributed by atoms with Crippen molar-refractivity contribution in [2.45, 2.75) is 30.5 Å². The summed E-state index contributed by atoms with van der Waals surface area (Å²) < 4.78 is 7.10. The highest BCUT2D eigenvalue weighted by Gasteiger charge is 2.48. The number of nitrogens with zero attached hydrogens (tertiary/aromatic N) is 1. The molecule has 0 saturated heterocycles. The summed E-state index contributed by atoms with van der Waals surface area (Å²) in [4.78, 5) is 2.48. The molecule has 0 fully saturated rings. The summed E-state index contributed by atoms with van der Waals surface area (Å²) in [5, 5.41) is 4.71. The van der Waals surface area contributed by atoms with Gasteiger partial charge < -0.3 is 9.32 Å². The highest BCUT2D eigenvalue weighted by molar-refractivity contribution is 6.87. The third-order valence-corrected chi connectivity index (χ3v) is 16.6. The Balaban J connectivity index is 1.13. The van der Waals surface area contributed by atoms with Crippen LogP contribution in [0, 0.1) is 0 Å². The molecule has 1 heterocycles. The molecule has 2 nitrogen and oxygen atoms in total. The van der Waals surface area contributed by atoms with Gasteiger partial charge in [0.15, 0.2) is 5.58 Å². The summed E-state index contributed by atoms with van der Waals surface area (Å²) in [7, 11) is -1.83. The molecule has 13 rings (SSSR count). The lowest BCUT2D eigenvalue weighted by atomic mass is 9.67. The fraction of sp³-hybridized carbons (Fsp3) is 0.0769. The molecule has 0 radical (unpaired) electrons. The van der Waals surface area contributed by atoms with Gasteiger partial charge >= 0.3 is 0 Å². The minimum absolute atomic E-state index is 0.561. The lowest BCUT2D eigenvalue weighted by molar-refractivity contribution is 0.648. The van der Waals surface area contributed by atoms with Gasteiger partial charge in [-0.3, -0.25) is 0 Å². The van der Waals surface area contributed by atoms with Gasteiger partial charge in [0, 0.05) is 16.8 Å². The molecule has 0 bridgehead atoms. The Kier molecular flexibility index (Phi) is 9.06. The molecular weight excluding hydrogens is 839 g/mol. The zero-order valence-electron chi connectivity index (χ0n) is 38.4. The highest BCUT2D eigenvalue weighted by atomic mass is 28.3. The van der Waals surface area contributed by atoms with Gasteiger partial charge in [-0.2, -0.15) is 0 Å². The van der Waals surface area contributed by atoms with Crippen LogP contribution in [-0.2, 0) is 10.8 Å². The van der Waals surface area contributed by atoms with Crippen LogP contribution in [0.15, 0.2) is 247 Å². The summed E-state index contributed by atoms with van der Waals surface area (Å²) in [6, 6.07) is 90.5. The van der Waals surface area contributed by atoms with Gasteiger partial charge in [-0.15, -0.1) is 0 Å². The summed E-state index contributed by atoms with van der Waals surface area (Å²) in [5.74, 6) is 0. The maximum absolute atomic E-state index is 7.10. The zero-order chi connectivity index (χ0) is 45.6. The van der Waals surface area contributed by atoms with Gasteiger partial charge in [-0.25, -0.2) is 0 Å². The third kappa shape index (κ3) is 5.76. The quantitative estimate of drug-likeness (QED) is 0.141. The number of para-hydroxylation sites is 1.